The molecule has 0 spiro atoms. The van der Waals surface area contributed by atoms with Crippen LogP contribution in [0.5, 0.6) is 0 Å². The van der Waals surface area contributed by atoms with E-state index in [1.807, 2.05) is 32.6 Å². The van der Waals surface area contributed by atoms with Crippen molar-refractivity contribution in [2.24, 2.45) is 0 Å². The fraction of sp³-hybridized carbons (Fsp3) is 0.550. The van der Waals surface area contributed by atoms with E-state index in [-0.39, 0.29) is 17.9 Å². The average Bonchev–Trinajstić information content (AvgIpc) is 3.05. The first-order valence-corrected chi connectivity index (χ1v) is 9.21. The maximum absolute atomic E-state index is 12.5. The molecule has 2 aromatic rings. The Morgan fingerprint density at radius 2 is 2.00 bits per heavy atom. The molecule has 1 N–H and O–H groups in total. The standard InChI is InChI=1S/C20H30N4O2/c1-7-24(12-19-22-20(13(2)3)23-26-19)11-18(25)21-16(6)17-10-14(4)8-9-15(17)5/h8-10,13,16H,7,11-12H2,1-6H3,(H,21,25)/t16-/m1/s1. The normalized spacial score (nSPS) is 12.6. The van der Waals surface area contributed by atoms with Crippen LogP contribution < -0.4 is 5.32 Å². The molecule has 1 heterocycles. The lowest BCUT2D eigenvalue weighted by atomic mass is 10.00. The molecule has 0 saturated heterocycles. The molecule has 0 saturated carbocycles. The van der Waals surface area contributed by atoms with Crippen LogP contribution in [0.15, 0.2) is 22.7 Å². The molecular formula is C20H30N4O2. The summed E-state index contributed by atoms with van der Waals surface area (Å²) in [5.74, 6) is 1.46. The Labute approximate surface area is 156 Å². The molecule has 0 bridgehead atoms. The van der Waals surface area contributed by atoms with Crippen LogP contribution in [0.1, 0.15) is 68.1 Å². The highest BCUT2D eigenvalue weighted by molar-refractivity contribution is 5.78. The topological polar surface area (TPSA) is 71.3 Å². The van der Waals surface area contributed by atoms with Gasteiger partial charge in [0, 0.05) is 5.92 Å². The number of nitrogens with zero attached hydrogens (tertiary/aromatic N) is 3. The number of nitrogens with one attached hydrogen (secondary N) is 1. The molecular weight excluding hydrogens is 328 g/mol. The van der Waals surface area contributed by atoms with Gasteiger partial charge in [-0.3, -0.25) is 9.69 Å². The molecule has 1 aromatic carbocycles. The van der Waals surface area contributed by atoms with E-state index in [2.05, 4.69) is 47.5 Å². The third-order valence-corrected chi connectivity index (χ3v) is 4.45. The van der Waals surface area contributed by atoms with Crippen molar-refractivity contribution in [2.45, 2.75) is 60.0 Å². The van der Waals surface area contributed by atoms with Crippen LogP contribution in [0, 0.1) is 13.8 Å². The first-order chi connectivity index (χ1) is 12.3. The number of aromatic nitrogens is 2. The summed E-state index contributed by atoms with van der Waals surface area (Å²) in [7, 11) is 0. The second-order valence-corrected chi connectivity index (χ2v) is 7.15. The Morgan fingerprint density at radius 1 is 1.27 bits per heavy atom. The van der Waals surface area contributed by atoms with Gasteiger partial charge in [-0.15, -0.1) is 0 Å². The predicted octanol–water partition coefficient (Wildman–Crippen LogP) is 3.51. The van der Waals surface area contributed by atoms with Crippen molar-refractivity contribution >= 4 is 5.91 Å². The lowest BCUT2D eigenvalue weighted by Crippen LogP contribution is -2.38. The highest BCUT2D eigenvalue weighted by Crippen LogP contribution is 2.19. The summed E-state index contributed by atoms with van der Waals surface area (Å²) < 4.78 is 5.28. The van der Waals surface area contributed by atoms with Crippen molar-refractivity contribution in [1.82, 2.24) is 20.4 Å². The molecule has 1 aromatic heterocycles. The van der Waals surface area contributed by atoms with E-state index in [4.69, 9.17) is 4.52 Å². The minimum absolute atomic E-state index is 0.0103. The minimum atomic E-state index is -0.0305. The highest BCUT2D eigenvalue weighted by atomic mass is 16.5. The first kappa shape index (κ1) is 20.1. The van der Waals surface area contributed by atoms with Gasteiger partial charge in [-0.25, -0.2) is 0 Å². The Bertz CT molecular complexity index is 739. The molecule has 0 unspecified atom stereocenters. The fourth-order valence-corrected chi connectivity index (χ4v) is 2.83. The zero-order valence-electron chi connectivity index (χ0n) is 16.7. The number of benzene rings is 1. The van der Waals surface area contributed by atoms with Gasteiger partial charge in [-0.1, -0.05) is 49.7 Å². The minimum Gasteiger partial charge on any atom is -0.348 e. The molecule has 6 heteroatoms. The second kappa shape index (κ2) is 8.94. The zero-order chi connectivity index (χ0) is 19.3. The molecule has 6 nitrogen and oxygen atoms in total. The summed E-state index contributed by atoms with van der Waals surface area (Å²) in [6.07, 6.45) is 0. The monoisotopic (exact) mass is 358 g/mol. The van der Waals surface area contributed by atoms with Crippen LogP contribution in [-0.4, -0.2) is 34.0 Å². The van der Waals surface area contributed by atoms with Crippen molar-refractivity contribution in [3.8, 4) is 0 Å². The Balaban J connectivity index is 1.94. The third-order valence-electron chi connectivity index (χ3n) is 4.45. The molecule has 0 aliphatic carbocycles. The van der Waals surface area contributed by atoms with E-state index >= 15 is 0 Å². The maximum Gasteiger partial charge on any atom is 0.240 e. The van der Waals surface area contributed by atoms with Crippen LogP contribution in [0.25, 0.3) is 0 Å². The van der Waals surface area contributed by atoms with E-state index in [9.17, 15) is 4.79 Å². The van der Waals surface area contributed by atoms with Crippen LogP contribution in [-0.2, 0) is 11.3 Å². The number of likely N-dealkylation sites (N-methyl/N-ethyl adjacent to an activating group) is 1. The fourth-order valence-electron chi connectivity index (χ4n) is 2.83. The molecule has 1 amide bonds. The largest absolute Gasteiger partial charge is 0.348 e. The molecule has 142 valence electrons. The van der Waals surface area contributed by atoms with Crippen LogP contribution in [0.3, 0.4) is 0 Å². The van der Waals surface area contributed by atoms with Gasteiger partial charge >= 0.3 is 0 Å². The summed E-state index contributed by atoms with van der Waals surface area (Å²) in [6.45, 7) is 13.7. The predicted molar refractivity (Wildman–Crippen MR) is 102 cm³/mol. The summed E-state index contributed by atoms with van der Waals surface area (Å²) in [5.41, 5.74) is 3.53. The van der Waals surface area contributed by atoms with Crippen LogP contribution in [0.4, 0.5) is 0 Å². The molecule has 0 fully saturated rings. The van der Waals surface area contributed by atoms with E-state index < -0.39 is 0 Å². The van der Waals surface area contributed by atoms with E-state index in [1.165, 1.54) is 11.1 Å². The lowest BCUT2D eigenvalue weighted by Gasteiger charge is -2.21. The number of aryl methyl sites for hydroxylation is 2. The number of amides is 1. The smallest absolute Gasteiger partial charge is 0.240 e. The average molecular weight is 358 g/mol. The summed E-state index contributed by atoms with van der Waals surface area (Å²) >= 11 is 0. The van der Waals surface area contributed by atoms with Crippen molar-refractivity contribution in [3.05, 3.63) is 46.6 Å². The van der Waals surface area contributed by atoms with Crippen molar-refractivity contribution < 1.29 is 9.32 Å². The number of carbonyl (C=O) groups excluding carboxylic acids is 1. The molecule has 26 heavy (non-hydrogen) atoms. The van der Waals surface area contributed by atoms with Gasteiger partial charge in [0.05, 0.1) is 19.1 Å². The van der Waals surface area contributed by atoms with Gasteiger partial charge in [0.2, 0.25) is 11.8 Å². The van der Waals surface area contributed by atoms with Crippen LogP contribution in [0.2, 0.25) is 0 Å². The van der Waals surface area contributed by atoms with E-state index in [0.717, 1.165) is 12.1 Å². The summed E-state index contributed by atoms with van der Waals surface area (Å²) in [4.78, 5) is 18.8. The van der Waals surface area contributed by atoms with Crippen molar-refractivity contribution in [1.29, 1.82) is 0 Å². The third kappa shape index (κ3) is 5.39. The second-order valence-electron chi connectivity index (χ2n) is 7.15. The van der Waals surface area contributed by atoms with Crippen molar-refractivity contribution in [3.63, 3.8) is 0 Å². The lowest BCUT2D eigenvalue weighted by molar-refractivity contribution is -0.123. The Kier molecular flexibility index (Phi) is 6.91. The summed E-state index contributed by atoms with van der Waals surface area (Å²) in [5, 5.41) is 7.07. The number of hydrogen-bond donors (Lipinski definition) is 1. The molecule has 0 radical (unpaired) electrons. The summed E-state index contributed by atoms with van der Waals surface area (Å²) in [6, 6.07) is 6.27. The van der Waals surface area contributed by atoms with E-state index in [0.29, 0.717) is 24.8 Å². The van der Waals surface area contributed by atoms with Gasteiger partial charge in [-0.2, -0.15) is 4.98 Å². The Morgan fingerprint density at radius 3 is 2.62 bits per heavy atom. The molecule has 2 rings (SSSR count). The highest BCUT2D eigenvalue weighted by Gasteiger charge is 2.17. The molecule has 0 aliphatic heterocycles. The quantitative estimate of drug-likeness (QED) is 0.782. The number of carbonyl (C=O) groups is 1. The SMILES string of the molecule is CCN(CC(=O)N[C@H](C)c1cc(C)ccc1C)Cc1nc(C(C)C)no1. The van der Waals surface area contributed by atoms with Gasteiger partial charge in [0.25, 0.3) is 0 Å². The van der Waals surface area contributed by atoms with Gasteiger partial charge < -0.3 is 9.84 Å². The number of hydrogen-bond acceptors (Lipinski definition) is 5. The molecule has 1 atom stereocenters. The van der Waals surface area contributed by atoms with Gasteiger partial charge in [0.15, 0.2) is 5.82 Å². The van der Waals surface area contributed by atoms with Crippen molar-refractivity contribution in [2.75, 3.05) is 13.1 Å². The van der Waals surface area contributed by atoms with Gasteiger partial charge in [-0.05, 0) is 38.4 Å². The van der Waals surface area contributed by atoms with E-state index in [1.54, 1.807) is 0 Å². The maximum atomic E-state index is 12.5. The first-order valence-electron chi connectivity index (χ1n) is 9.21. The number of rotatable bonds is 8. The van der Waals surface area contributed by atoms with Gasteiger partial charge in [0.1, 0.15) is 0 Å². The Hall–Kier alpha value is -2.21. The van der Waals surface area contributed by atoms with Crippen LogP contribution >= 0.6 is 0 Å². The zero-order valence-corrected chi connectivity index (χ0v) is 16.7. The molecule has 0 aliphatic rings.